The number of nitrogens with zero attached hydrogens (tertiary/aromatic N) is 1. The van der Waals surface area contributed by atoms with Crippen LogP contribution in [0.25, 0.3) is 6.08 Å². The van der Waals surface area contributed by atoms with Crippen LogP contribution in [0.3, 0.4) is 0 Å². The second-order valence-corrected chi connectivity index (χ2v) is 4.50. The van der Waals surface area contributed by atoms with Crippen molar-refractivity contribution >= 4 is 18.3 Å². The first-order valence-electron chi connectivity index (χ1n) is 5.57. The number of aromatic hydroxyl groups is 1. The quantitative estimate of drug-likeness (QED) is 0.499. The lowest BCUT2D eigenvalue weighted by molar-refractivity contribution is 0.412. The van der Waals surface area contributed by atoms with Gasteiger partial charge in [0.05, 0.1) is 0 Å². The zero-order valence-corrected chi connectivity index (χ0v) is 11.3. The van der Waals surface area contributed by atoms with E-state index in [0.717, 1.165) is 0 Å². The fourth-order valence-corrected chi connectivity index (χ4v) is 1.58. The molecule has 1 heterocycles. The van der Waals surface area contributed by atoms with Gasteiger partial charge in [0.15, 0.2) is 4.77 Å². The van der Waals surface area contributed by atoms with Gasteiger partial charge in [-0.2, -0.15) is 0 Å². The standard InChI is InChI=1S/C13H16N2O2S/c1-4-8-15-12(17)10(7-5-6-9(2)3)11(16)14-13(15)18/h4,6-7,9,17H,1,8H2,2-3H3,(H,14,16,18). The number of H-pyrrole nitrogens is 1. The van der Waals surface area contributed by atoms with E-state index in [1.54, 1.807) is 12.2 Å². The molecule has 0 fully saturated rings. The summed E-state index contributed by atoms with van der Waals surface area (Å²) in [5.41, 5.74) is 2.58. The number of hydrogen-bond donors (Lipinski definition) is 2. The van der Waals surface area contributed by atoms with Crippen molar-refractivity contribution in [3.8, 4) is 5.88 Å². The van der Waals surface area contributed by atoms with Gasteiger partial charge in [-0.3, -0.25) is 14.3 Å². The van der Waals surface area contributed by atoms with E-state index >= 15 is 0 Å². The van der Waals surface area contributed by atoms with Crippen LogP contribution in [0.15, 0.2) is 29.3 Å². The summed E-state index contributed by atoms with van der Waals surface area (Å²) >= 11 is 4.96. The zero-order chi connectivity index (χ0) is 13.7. The summed E-state index contributed by atoms with van der Waals surface area (Å²) in [6.07, 6.45) is 4.84. The minimum absolute atomic E-state index is 0.141. The molecule has 2 N–H and O–H groups in total. The molecule has 0 atom stereocenters. The molecular weight excluding hydrogens is 248 g/mol. The third kappa shape index (κ3) is 3.32. The summed E-state index contributed by atoms with van der Waals surface area (Å²) in [5, 5.41) is 9.99. The lowest BCUT2D eigenvalue weighted by Crippen LogP contribution is -2.16. The predicted octanol–water partition coefficient (Wildman–Crippen LogP) is 2.62. The van der Waals surface area contributed by atoms with Gasteiger partial charge in [-0.1, -0.05) is 19.9 Å². The minimum Gasteiger partial charge on any atom is -0.494 e. The van der Waals surface area contributed by atoms with E-state index < -0.39 is 5.56 Å². The Labute approximate surface area is 111 Å². The average molecular weight is 264 g/mol. The summed E-state index contributed by atoms with van der Waals surface area (Å²) in [6, 6.07) is 0. The van der Waals surface area contributed by atoms with E-state index in [9.17, 15) is 9.90 Å². The van der Waals surface area contributed by atoms with Gasteiger partial charge >= 0.3 is 0 Å². The Bertz CT molecular complexity index is 617. The van der Waals surface area contributed by atoms with Crippen LogP contribution in [0, 0.1) is 10.7 Å². The normalized spacial score (nSPS) is 9.94. The molecule has 0 aliphatic heterocycles. The van der Waals surface area contributed by atoms with E-state index in [2.05, 4.69) is 17.3 Å². The molecular formula is C13H16N2O2S. The minimum atomic E-state index is -0.428. The number of nitrogens with one attached hydrogen (secondary N) is 1. The smallest absolute Gasteiger partial charge is 0.263 e. The van der Waals surface area contributed by atoms with E-state index in [-0.39, 0.29) is 16.2 Å². The first-order valence-corrected chi connectivity index (χ1v) is 5.97. The maximum absolute atomic E-state index is 11.7. The highest BCUT2D eigenvalue weighted by molar-refractivity contribution is 7.71. The van der Waals surface area contributed by atoms with Crippen molar-refractivity contribution in [1.29, 1.82) is 0 Å². The SMILES string of the molecule is C=CCn1c(O)c(C=C=CC(C)C)c(=O)[nH]c1=S. The Morgan fingerprint density at radius 2 is 2.28 bits per heavy atom. The molecule has 0 spiro atoms. The number of aromatic amines is 1. The first-order chi connectivity index (χ1) is 8.47. The van der Waals surface area contributed by atoms with Gasteiger partial charge in [0.25, 0.3) is 5.56 Å². The molecule has 5 heteroatoms. The van der Waals surface area contributed by atoms with Crippen LogP contribution in [-0.4, -0.2) is 14.7 Å². The van der Waals surface area contributed by atoms with E-state index in [4.69, 9.17) is 12.2 Å². The molecule has 0 amide bonds. The molecule has 4 nitrogen and oxygen atoms in total. The summed E-state index contributed by atoms with van der Waals surface area (Å²) in [4.78, 5) is 14.2. The summed E-state index contributed by atoms with van der Waals surface area (Å²) in [6.45, 7) is 7.89. The van der Waals surface area contributed by atoms with Crippen molar-refractivity contribution in [1.82, 2.24) is 9.55 Å². The second kappa shape index (κ2) is 6.19. The Balaban J connectivity index is 3.41. The van der Waals surface area contributed by atoms with Crippen molar-refractivity contribution in [3.63, 3.8) is 0 Å². The molecule has 0 aliphatic carbocycles. The van der Waals surface area contributed by atoms with Crippen LogP contribution in [-0.2, 0) is 6.54 Å². The highest BCUT2D eigenvalue weighted by Crippen LogP contribution is 2.14. The van der Waals surface area contributed by atoms with E-state index in [1.165, 1.54) is 10.6 Å². The van der Waals surface area contributed by atoms with Crippen LogP contribution in [0.5, 0.6) is 5.88 Å². The zero-order valence-electron chi connectivity index (χ0n) is 10.4. The molecule has 96 valence electrons. The third-order valence-electron chi connectivity index (χ3n) is 2.18. The van der Waals surface area contributed by atoms with Crippen molar-refractivity contribution in [2.24, 2.45) is 5.92 Å². The largest absolute Gasteiger partial charge is 0.494 e. The van der Waals surface area contributed by atoms with Crippen molar-refractivity contribution < 1.29 is 5.11 Å². The van der Waals surface area contributed by atoms with Gasteiger partial charge in [0.1, 0.15) is 5.56 Å². The van der Waals surface area contributed by atoms with Crippen LogP contribution in [0.2, 0.25) is 0 Å². The monoisotopic (exact) mass is 264 g/mol. The van der Waals surface area contributed by atoms with Crippen LogP contribution < -0.4 is 5.56 Å². The van der Waals surface area contributed by atoms with Gasteiger partial charge < -0.3 is 5.11 Å². The third-order valence-corrected chi connectivity index (χ3v) is 2.50. The van der Waals surface area contributed by atoms with E-state index in [0.29, 0.717) is 12.5 Å². The summed E-state index contributed by atoms with van der Waals surface area (Å²) in [7, 11) is 0. The molecule has 1 aromatic rings. The molecule has 0 saturated heterocycles. The molecule has 0 radical (unpaired) electrons. The molecule has 18 heavy (non-hydrogen) atoms. The lowest BCUT2D eigenvalue weighted by Gasteiger charge is -2.08. The Kier molecular flexibility index (Phi) is 4.89. The lowest BCUT2D eigenvalue weighted by atomic mass is 10.2. The maximum Gasteiger partial charge on any atom is 0.263 e. The van der Waals surface area contributed by atoms with Gasteiger partial charge in [-0.25, -0.2) is 0 Å². The maximum atomic E-state index is 11.7. The highest BCUT2D eigenvalue weighted by Gasteiger charge is 2.08. The Hall–Kier alpha value is -1.84. The summed E-state index contributed by atoms with van der Waals surface area (Å²) in [5.74, 6) is 0.148. The fraction of sp³-hybridized carbons (Fsp3) is 0.308. The number of rotatable bonds is 4. The first kappa shape index (κ1) is 14.2. The number of aromatic nitrogens is 2. The van der Waals surface area contributed by atoms with Crippen molar-refractivity contribution in [2.75, 3.05) is 0 Å². The molecule has 0 bridgehead atoms. The van der Waals surface area contributed by atoms with E-state index in [1.807, 2.05) is 13.8 Å². The van der Waals surface area contributed by atoms with Gasteiger partial charge in [0, 0.05) is 6.54 Å². The Morgan fingerprint density at radius 1 is 1.61 bits per heavy atom. The second-order valence-electron chi connectivity index (χ2n) is 4.12. The highest BCUT2D eigenvalue weighted by atomic mass is 32.1. The number of allylic oxidation sites excluding steroid dienone is 2. The average Bonchev–Trinajstić information content (AvgIpc) is 2.28. The van der Waals surface area contributed by atoms with Gasteiger partial charge in [-0.15, -0.1) is 12.3 Å². The fourth-order valence-electron chi connectivity index (χ4n) is 1.33. The van der Waals surface area contributed by atoms with Crippen molar-refractivity contribution in [2.45, 2.75) is 20.4 Å². The van der Waals surface area contributed by atoms with Crippen LogP contribution in [0.1, 0.15) is 19.4 Å². The van der Waals surface area contributed by atoms with Gasteiger partial charge in [-0.05, 0) is 30.3 Å². The molecule has 0 aromatic carbocycles. The van der Waals surface area contributed by atoms with Crippen LogP contribution >= 0.6 is 12.2 Å². The molecule has 0 saturated carbocycles. The molecule has 0 unspecified atom stereocenters. The van der Waals surface area contributed by atoms with Crippen LogP contribution in [0.4, 0.5) is 0 Å². The molecule has 0 aliphatic rings. The van der Waals surface area contributed by atoms with Gasteiger partial charge in [0.2, 0.25) is 5.88 Å². The topological polar surface area (TPSA) is 58.0 Å². The predicted molar refractivity (Wildman–Crippen MR) is 75.1 cm³/mol. The van der Waals surface area contributed by atoms with Crippen molar-refractivity contribution in [3.05, 3.63) is 45.2 Å². The Morgan fingerprint density at radius 3 is 2.83 bits per heavy atom. The molecule has 1 rings (SSSR count). The summed E-state index contributed by atoms with van der Waals surface area (Å²) < 4.78 is 1.56. The number of hydrogen-bond acceptors (Lipinski definition) is 3. The molecule has 1 aromatic heterocycles.